The molecule has 1 unspecified atom stereocenters. The van der Waals surface area contributed by atoms with Gasteiger partial charge in [0, 0.05) is 54.9 Å². The molecule has 10 heteroatoms. The summed E-state index contributed by atoms with van der Waals surface area (Å²) in [4.78, 5) is 13.3. The predicted octanol–water partition coefficient (Wildman–Crippen LogP) is 10.8. The Morgan fingerprint density at radius 3 is 2.31 bits per heavy atom. The quantitative estimate of drug-likeness (QED) is 0.0665. The molecule has 7 rings (SSSR count). The summed E-state index contributed by atoms with van der Waals surface area (Å²) in [7, 11) is -1.24. The molecule has 0 radical (unpaired) electrons. The van der Waals surface area contributed by atoms with E-state index in [-0.39, 0.29) is 11.8 Å². The first-order valence-corrected chi connectivity index (χ1v) is 22.0. The van der Waals surface area contributed by atoms with Gasteiger partial charge in [-0.05, 0) is 96.4 Å². The smallest absolute Gasteiger partial charge is 0.211 e. The fourth-order valence-corrected chi connectivity index (χ4v) is 8.21. The highest BCUT2D eigenvalue weighted by molar-refractivity contribution is 7.89. The van der Waals surface area contributed by atoms with Gasteiger partial charge in [-0.1, -0.05) is 106 Å². The molecule has 0 amide bonds. The van der Waals surface area contributed by atoms with Crippen molar-refractivity contribution in [1.82, 2.24) is 29.6 Å². The maximum atomic E-state index is 12.1. The first-order chi connectivity index (χ1) is 26.8. The Kier molecular flexibility index (Phi) is 14.5. The Morgan fingerprint density at radius 2 is 1.53 bits per heavy atom. The number of sulfonamides is 1. The van der Waals surface area contributed by atoms with E-state index in [0.717, 1.165) is 64.9 Å². The van der Waals surface area contributed by atoms with Crippen molar-refractivity contribution in [1.29, 1.82) is 0 Å². The molecule has 0 bridgehead atoms. The van der Waals surface area contributed by atoms with Crippen molar-refractivity contribution in [2.24, 2.45) is 13.0 Å². The molecule has 1 aliphatic rings. The predicted molar refractivity (Wildman–Crippen MR) is 229 cm³/mol. The zero-order valence-electron chi connectivity index (χ0n) is 32.5. The Morgan fingerprint density at radius 1 is 0.800 bits per heavy atom. The number of halogens is 1. The van der Waals surface area contributed by atoms with Crippen LogP contribution in [-0.2, 0) is 23.6 Å². The summed E-state index contributed by atoms with van der Waals surface area (Å²) >= 11 is 6.06. The molecule has 290 valence electrons. The van der Waals surface area contributed by atoms with Gasteiger partial charge in [0.1, 0.15) is 10.8 Å². The third-order valence-electron chi connectivity index (χ3n) is 10.5. The van der Waals surface area contributed by atoms with Gasteiger partial charge in [0.25, 0.3) is 0 Å². The Balaban J connectivity index is 0.000000188. The molecule has 2 aromatic carbocycles. The van der Waals surface area contributed by atoms with Crippen LogP contribution in [0.2, 0.25) is 5.15 Å². The highest BCUT2D eigenvalue weighted by Crippen LogP contribution is 2.42. The van der Waals surface area contributed by atoms with E-state index in [1.807, 2.05) is 56.0 Å². The molecule has 55 heavy (non-hydrogen) atoms. The molecule has 2 N–H and O–H groups in total. The lowest BCUT2D eigenvalue weighted by Crippen LogP contribution is -2.31. The van der Waals surface area contributed by atoms with Crippen LogP contribution >= 0.6 is 11.6 Å². The van der Waals surface area contributed by atoms with Crippen LogP contribution in [-0.4, -0.2) is 40.2 Å². The van der Waals surface area contributed by atoms with Crippen molar-refractivity contribution in [2.75, 3.05) is 12.3 Å². The second-order valence-electron chi connectivity index (χ2n) is 14.7. The number of rotatable bonds is 18. The maximum Gasteiger partial charge on any atom is 0.211 e. The summed E-state index contributed by atoms with van der Waals surface area (Å²) < 4.78 is 29.2. The van der Waals surface area contributed by atoms with Crippen molar-refractivity contribution in [2.45, 2.75) is 90.6 Å². The average molecular weight is 779 g/mol. The first-order valence-electron chi connectivity index (χ1n) is 20.0. The van der Waals surface area contributed by atoms with Crippen LogP contribution in [0.1, 0.15) is 95.2 Å². The molecule has 1 atom stereocenters. The zero-order chi connectivity index (χ0) is 38.6. The van der Waals surface area contributed by atoms with Crippen molar-refractivity contribution >= 4 is 43.4 Å². The molecule has 6 aromatic rings. The van der Waals surface area contributed by atoms with E-state index in [1.165, 1.54) is 67.7 Å². The molecule has 1 saturated carbocycles. The van der Waals surface area contributed by atoms with Gasteiger partial charge in [-0.15, -0.1) is 0 Å². The monoisotopic (exact) mass is 778 g/mol. The molecule has 1 fully saturated rings. The van der Waals surface area contributed by atoms with Crippen LogP contribution < -0.4 is 10.0 Å². The Labute approximate surface area is 332 Å². The second kappa shape index (κ2) is 19.6. The normalized spacial score (nSPS) is 13.5. The zero-order valence-corrected chi connectivity index (χ0v) is 34.0. The summed E-state index contributed by atoms with van der Waals surface area (Å²) in [5.74, 6) is 0.452. The summed E-state index contributed by atoms with van der Waals surface area (Å²) in [5, 5.41) is 7.52. The summed E-state index contributed by atoms with van der Waals surface area (Å²) in [5.41, 5.74) is 7.38. The highest BCUT2D eigenvalue weighted by atomic mass is 35.5. The number of unbranched alkanes of at least 4 members (excludes halogenated alkanes) is 7. The van der Waals surface area contributed by atoms with Crippen LogP contribution in [0.3, 0.4) is 0 Å². The van der Waals surface area contributed by atoms with Crippen LogP contribution in [0.4, 0.5) is 0 Å². The van der Waals surface area contributed by atoms with Gasteiger partial charge in [-0.3, -0.25) is 9.97 Å². The number of aryl methyl sites for hydroxylation is 1. The molecule has 4 aromatic heterocycles. The molecule has 0 spiro atoms. The van der Waals surface area contributed by atoms with Gasteiger partial charge in [-0.25, -0.2) is 18.1 Å². The lowest BCUT2D eigenvalue weighted by Gasteiger charge is -2.19. The highest BCUT2D eigenvalue weighted by Gasteiger charge is 2.35. The SMILES string of the molecule is CCCCCCCCCCNCc1cncc(-c2cc3ccc(Cl)nc3n2C)c1.CCS(=O)(=O)NC(c1cncc(-c2cccc3ccccc23)c1)C1CC1. The van der Waals surface area contributed by atoms with E-state index in [4.69, 9.17) is 11.6 Å². The van der Waals surface area contributed by atoms with Crippen LogP contribution in [0, 0.1) is 5.92 Å². The summed E-state index contributed by atoms with van der Waals surface area (Å²) in [6.07, 6.45) is 20.4. The first kappa shape index (κ1) is 40.5. The molecular weight excluding hydrogens is 724 g/mol. The van der Waals surface area contributed by atoms with E-state index in [2.05, 4.69) is 78.9 Å². The van der Waals surface area contributed by atoms with Gasteiger partial charge >= 0.3 is 0 Å². The number of benzene rings is 2. The molecule has 8 nitrogen and oxygen atoms in total. The van der Waals surface area contributed by atoms with Crippen LogP contribution in [0.25, 0.3) is 44.2 Å². The van der Waals surface area contributed by atoms with Gasteiger partial charge < -0.3 is 9.88 Å². The second-order valence-corrected chi connectivity index (χ2v) is 17.2. The van der Waals surface area contributed by atoms with Crippen molar-refractivity contribution in [3.8, 4) is 22.4 Å². The van der Waals surface area contributed by atoms with E-state index >= 15 is 0 Å². The number of nitrogens with zero attached hydrogens (tertiary/aromatic N) is 4. The van der Waals surface area contributed by atoms with Crippen molar-refractivity contribution in [3.63, 3.8) is 0 Å². The molecule has 4 heterocycles. The minimum absolute atomic E-state index is 0.0899. The van der Waals surface area contributed by atoms with Crippen LogP contribution in [0.5, 0.6) is 0 Å². The van der Waals surface area contributed by atoms with Gasteiger partial charge in [0.15, 0.2) is 0 Å². The Hall–Kier alpha value is -4.15. The van der Waals surface area contributed by atoms with Crippen molar-refractivity contribution < 1.29 is 8.42 Å². The third kappa shape index (κ3) is 11.2. The fraction of sp³-hybridized carbons (Fsp3) is 0.400. The number of fused-ring (bicyclic) bond motifs is 2. The number of hydrogen-bond acceptors (Lipinski definition) is 6. The van der Waals surface area contributed by atoms with E-state index in [1.54, 1.807) is 13.1 Å². The number of hydrogen-bond donors (Lipinski definition) is 2. The summed E-state index contributed by atoms with van der Waals surface area (Å²) in [6, 6.07) is 24.6. The molecule has 0 saturated heterocycles. The third-order valence-corrected chi connectivity index (χ3v) is 12.1. The lowest BCUT2D eigenvalue weighted by atomic mass is 9.96. The van der Waals surface area contributed by atoms with E-state index in [0.29, 0.717) is 11.1 Å². The molecular formula is C45H55ClN6O2S. The number of pyridine rings is 3. The fourth-order valence-electron chi connectivity index (χ4n) is 7.19. The van der Waals surface area contributed by atoms with Crippen molar-refractivity contribution in [3.05, 3.63) is 114 Å². The molecule has 0 aliphatic heterocycles. The molecule has 1 aliphatic carbocycles. The number of aromatic nitrogens is 4. The standard InChI is InChI=1S/C24H33ClN4.C21H22N2O2S/c1-3-4-5-6-7-8-9-10-13-26-16-19-14-21(18-27-17-19)22-15-20-11-12-23(25)28-24(20)29(22)2;1-2-26(24,25)23-21(16-10-11-16)18-12-17(13-22-14-18)20-9-5-7-15-6-3-4-8-19(15)20/h11-12,14-15,17-18,26H,3-10,13,16H2,1-2H3;3-9,12-14,16,21,23H,2,10-11H2,1H3. The van der Waals surface area contributed by atoms with Gasteiger partial charge in [0.2, 0.25) is 10.0 Å². The van der Waals surface area contributed by atoms with E-state index < -0.39 is 10.0 Å². The average Bonchev–Trinajstić information content (AvgIpc) is 4.01. The van der Waals surface area contributed by atoms with E-state index in [9.17, 15) is 8.42 Å². The minimum Gasteiger partial charge on any atom is -0.328 e. The topological polar surface area (TPSA) is 102 Å². The van der Waals surface area contributed by atoms with Crippen LogP contribution in [0.15, 0.2) is 97.6 Å². The minimum atomic E-state index is -3.26. The maximum absolute atomic E-state index is 12.1. The van der Waals surface area contributed by atoms with Gasteiger partial charge in [0.05, 0.1) is 17.5 Å². The summed E-state index contributed by atoms with van der Waals surface area (Å²) in [6.45, 7) is 5.85. The number of nitrogens with one attached hydrogen (secondary N) is 2. The Bertz CT molecular complexity index is 2260. The van der Waals surface area contributed by atoms with Gasteiger partial charge in [-0.2, -0.15) is 0 Å². The lowest BCUT2D eigenvalue weighted by molar-refractivity contribution is 0.529. The largest absolute Gasteiger partial charge is 0.328 e.